The molecule has 0 amide bonds. The Morgan fingerprint density at radius 1 is 0.784 bits per heavy atom. The van der Waals surface area contributed by atoms with Gasteiger partial charge in [0.15, 0.2) is 0 Å². The lowest BCUT2D eigenvalue weighted by Gasteiger charge is -2.20. The number of unbranched alkanes of at least 4 members (excludes halogenated alkanes) is 1. The van der Waals surface area contributed by atoms with Gasteiger partial charge in [-0.3, -0.25) is 0 Å². The summed E-state index contributed by atoms with van der Waals surface area (Å²) in [7, 11) is 0. The molecule has 4 rings (SSSR count). The molecule has 1 aliphatic heterocycles. The van der Waals surface area contributed by atoms with Crippen molar-refractivity contribution in [2.45, 2.75) is 65.7 Å². The van der Waals surface area contributed by atoms with Gasteiger partial charge in [0.05, 0.1) is 0 Å². The minimum Gasteiger partial charge on any atom is -0.303 e. The number of hydrogen-bond acceptors (Lipinski definition) is 1. The van der Waals surface area contributed by atoms with E-state index < -0.39 is 0 Å². The summed E-state index contributed by atoms with van der Waals surface area (Å²) >= 11 is 0. The van der Waals surface area contributed by atoms with Crippen molar-refractivity contribution in [3.05, 3.63) is 114 Å². The molecule has 3 aromatic rings. The molecule has 1 fully saturated rings. The Bertz CT molecular complexity index is 1070. The number of allylic oxidation sites excluding steroid dienone is 2. The van der Waals surface area contributed by atoms with Gasteiger partial charge in [0.1, 0.15) is 0 Å². The Morgan fingerprint density at radius 2 is 1.38 bits per heavy atom. The van der Waals surface area contributed by atoms with Crippen LogP contribution < -0.4 is 0 Å². The van der Waals surface area contributed by atoms with Crippen molar-refractivity contribution < 1.29 is 0 Å². The highest BCUT2D eigenvalue weighted by atomic mass is 15.1. The third-order valence-corrected chi connectivity index (χ3v) is 7.21. The molecule has 0 aliphatic carbocycles. The van der Waals surface area contributed by atoms with Crippen LogP contribution in [0.2, 0.25) is 0 Å². The molecule has 1 nitrogen and oxygen atoms in total. The van der Waals surface area contributed by atoms with E-state index in [1.165, 1.54) is 90.7 Å². The van der Waals surface area contributed by atoms with Gasteiger partial charge in [0.25, 0.3) is 0 Å². The lowest BCUT2D eigenvalue weighted by Crippen LogP contribution is -2.26. The van der Waals surface area contributed by atoms with Gasteiger partial charge in [0, 0.05) is 6.54 Å². The second-order valence-electron chi connectivity index (χ2n) is 11.0. The standard InChI is InChI=1S/C20H25N.C16H22/c1-17(16-21-13-5-6-14-21)15-18-9-11-20(12-10-18)19-7-3-2-4-8-19;1-13(2)7-5-6-8-15(4)16-11-9-14(3)10-12-16/h2-4,7-12,17H,5-6,13-16H2,1H3;9-12H,1,4-8H2,2-3H3. The van der Waals surface area contributed by atoms with Gasteiger partial charge in [-0.05, 0) is 106 Å². The first-order valence-corrected chi connectivity index (χ1v) is 14.2. The molecule has 0 bridgehead atoms. The Hall–Kier alpha value is -2.90. The number of likely N-dealkylation sites (tertiary alicyclic amines) is 1. The fraction of sp³-hybridized carbons (Fsp3) is 0.389. The highest BCUT2D eigenvalue weighted by Crippen LogP contribution is 2.22. The average molecular weight is 494 g/mol. The quantitative estimate of drug-likeness (QED) is 0.190. The third-order valence-electron chi connectivity index (χ3n) is 7.21. The predicted octanol–water partition coefficient (Wildman–Crippen LogP) is 9.77. The molecule has 37 heavy (non-hydrogen) atoms. The maximum Gasteiger partial charge on any atom is 0.00102 e. The second kappa shape index (κ2) is 15.4. The number of aryl methyl sites for hydroxylation is 1. The van der Waals surface area contributed by atoms with Gasteiger partial charge in [-0.1, -0.05) is 104 Å². The van der Waals surface area contributed by atoms with E-state index in [0.717, 1.165) is 18.8 Å². The van der Waals surface area contributed by atoms with Gasteiger partial charge >= 0.3 is 0 Å². The van der Waals surface area contributed by atoms with Crippen molar-refractivity contribution in [1.82, 2.24) is 4.90 Å². The molecule has 0 aromatic heterocycles. The first-order chi connectivity index (χ1) is 17.9. The minimum absolute atomic E-state index is 0.741. The van der Waals surface area contributed by atoms with Gasteiger partial charge in [-0.15, -0.1) is 6.58 Å². The summed E-state index contributed by atoms with van der Waals surface area (Å²) in [4.78, 5) is 2.61. The van der Waals surface area contributed by atoms with Crippen molar-refractivity contribution in [3.63, 3.8) is 0 Å². The highest BCUT2D eigenvalue weighted by molar-refractivity contribution is 5.64. The molecule has 3 aromatic carbocycles. The van der Waals surface area contributed by atoms with Gasteiger partial charge in [-0.2, -0.15) is 0 Å². The summed E-state index contributed by atoms with van der Waals surface area (Å²) in [6.45, 7) is 18.5. The monoisotopic (exact) mass is 493 g/mol. The Labute approximate surface area is 226 Å². The van der Waals surface area contributed by atoms with E-state index in [-0.39, 0.29) is 0 Å². The SMILES string of the molecule is C=C(C)CCCCC(=C)c1ccc(C)cc1.CC(Cc1ccc(-c2ccccc2)cc1)CN1CCCC1. The molecular formula is C36H47N. The van der Waals surface area contributed by atoms with Crippen molar-refractivity contribution in [3.8, 4) is 11.1 Å². The molecule has 1 aliphatic rings. The lowest BCUT2D eigenvalue weighted by atomic mass is 9.98. The summed E-state index contributed by atoms with van der Waals surface area (Å²) < 4.78 is 0. The first kappa shape index (κ1) is 28.7. The zero-order valence-corrected chi connectivity index (χ0v) is 23.5. The van der Waals surface area contributed by atoms with Crippen molar-refractivity contribution in [2.24, 2.45) is 5.92 Å². The Kier molecular flexibility index (Phi) is 11.9. The van der Waals surface area contributed by atoms with Crippen LogP contribution in [0, 0.1) is 12.8 Å². The first-order valence-electron chi connectivity index (χ1n) is 14.2. The predicted molar refractivity (Wildman–Crippen MR) is 164 cm³/mol. The number of benzene rings is 3. The average Bonchev–Trinajstić information content (AvgIpc) is 3.41. The van der Waals surface area contributed by atoms with Gasteiger partial charge in [-0.25, -0.2) is 0 Å². The lowest BCUT2D eigenvalue weighted by molar-refractivity contribution is 0.287. The summed E-state index contributed by atoms with van der Waals surface area (Å²) in [5, 5.41) is 0. The van der Waals surface area contributed by atoms with E-state index in [9.17, 15) is 0 Å². The summed E-state index contributed by atoms with van der Waals surface area (Å²) in [5.41, 5.74) is 9.18. The number of hydrogen-bond donors (Lipinski definition) is 0. The fourth-order valence-corrected chi connectivity index (χ4v) is 5.04. The van der Waals surface area contributed by atoms with Crippen LogP contribution >= 0.6 is 0 Å². The fourth-order valence-electron chi connectivity index (χ4n) is 5.04. The van der Waals surface area contributed by atoms with Gasteiger partial charge < -0.3 is 4.90 Å². The largest absolute Gasteiger partial charge is 0.303 e. The van der Waals surface area contributed by atoms with Crippen LogP contribution in [-0.2, 0) is 6.42 Å². The minimum atomic E-state index is 0.741. The zero-order valence-electron chi connectivity index (χ0n) is 23.5. The van der Waals surface area contributed by atoms with E-state index in [2.05, 4.69) is 118 Å². The number of nitrogens with zero attached hydrogens (tertiary/aromatic N) is 1. The smallest absolute Gasteiger partial charge is 0.00102 e. The molecule has 196 valence electrons. The Morgan fingerprint density at radius 3 is 2.00 bits per heavy atom. The Balaban J connectivity index is 0.000000214. The van der Waals surface area contributed by atoms with Crippen molar-refractivity contribution in [1.29, 1.82) is 0 Å². The van der Waals surface area contributed by atoms with Crippen LogP contribution in [0.15, 0.2) is 97.6 Å². The van der Waals surface area contributed by atoms with Crippen LogP contribution in [-0.4, -0.2) is 24.5 Å². The molecule has 1 heteroatoms. The summed E-state index contributed by atoms with van der Waals surface area (Å²) in [6.07, 6.45) is 8.62. The maximum absolute atomic E-state index is 4.15. The van der Waals surface area contributed by atoms with E-state index in [1.54, 1.807) is 0 Å². The maximum atomic E-state index is 4.15. The third kappa shape index (κ3) is 10.5. The molecular weight excluding hydrogens is 446 g/mol. The van der Waals surface area contributed by atoms with E-state index >= 15 is 0 Å². The summed E-state index contributed by atoms with van der Waals surface area (Å²) in [5.74, 6) is 0.741. The molecule has 0 spiro atoms. The normalized spacial score (nSPS) is 14.0. The highest BCUT2D eigenvalue weighted by Gasteiger charge is 2.14. The van der Waals surface area contributed by atoms with Crippen molar-refractivity contribution >= 4 is 5.57 Å². The van der Waals surface area contributed by atoms with E-state index in [0.29, 0.717) is 0 Å². The van der Waals surface area contributed by atoms with Crippen LogP contribution in [0.3, 0.4) is 0 Å². The van der Waals surface area contributed by atoms with Crippen LogP contribution in [0.4, 0.5) is 0 Å². The second-order valence-corrected chi connectivity index (χ2v) is 11.0. The molecule has 1 saturated heterocycles. The van der Waals surface area contributed by atoms with Gasteiger partial charge in [0.2, 0.25) is 0 Å². The molecule has 0 radical (unpaired) electrons. The van der Waals surface area contributed by atoms with Crippen LogP contribution in [0.1, 0.15) is 69.1 Å². The molecule has 1 unspecified atom stereocenters. The van der Waals surface area contributed by atoms with E-state index in [1.807, 2.05) is 0 Å². The topological polar surface area (TPSA) is 3.24 Å². The van der Waals surface area contributed by atoms with E-state index in [4.69, 9.17) is 0 Å². The molecule has 0 N–H and O–H groups in total. The van der Waals surface area contributed by atoms with Crippen LogP contribution in [0.25, 0.3) is 16.7 Å². The van der Waals surface area contributed by atoms with Crippen LogP contribution in [0.5, 0.6) is 0 Å². The molecule has 1 heterocycles. The molecule has 0 saturated carbocycles. The summed E-state index contributed by atoms with van der Waals surface area (Å²) in [6, 6.07) is 28.3. The number of rotatable bonds is 11. The zero-order chi connectivity index (χ0) is 26.5. The molecule has 1 atom stereocenters. The van der Waals surface area contributed by atoms with Crippen molar-refractivity contribution in [2.75, 3.05) is 19.6 Å².